The standard InChI is InChI=1S/C65H107N15O19.C2HF3O2/c1-14-34(6)42-55(91)77-43(35(7)82)54(90)70-30-41(83)75-45(48(85)50(66)86)57(93)73-40(31-81)59(95)98-49(36-22-17-15-18-23-36)46(79-60(96)65(25-19-16-20-26-65)80-53(89)39(29-63(8,9)10)74-62(97)99-64(11,12)13)58(94)78-44(47(84)33(4)5)56(92)72-38(28-32(2)3)52(88)71-37(51(87)76-42)24-21-27-69-61(67)68;3-2(4,5)1(6)7/h15,17-18,22-23,32-35,37-40,42-49,81-82,84-85H,14,16,19-21,24-31H2,1-13H3,(H2,66,86)(H,70,90)(H,71,88)(H,72,92)(H,73,93)(H,74,97)(H,75,83)(H,76,87)(H,77,91)(H,78,94)(H,79,96)(H,80,89)(H4,67,68,69);(H,6,7)/t34-,35-,37+,38-,39+,40-,42?,43?,44-,45-,46-,47+,48-,49+;/m0./s1. The van der Waals surface area contributed by atoms with E-state index in [0.29, 0.717) is 19.3 Å². The number of aliphatic imine (C=N–C) groups is 1. The van der Waals surface area contributed by atoms with Gasteiger partial charge in [-0.2, -0.15) is 13.2 Å². The van der Waals surface area contributed by atoms with Gasteiger partial charge >= 0.3 is 24.2 Å². The highest BCUT2D eigenvalue weighted by atomic mass is 19.4. The van der Waals surface area contributed by atoms with Crippen molar-refractivity contribution in [3.8, 4) is 0 Å². The molecular weight excluding hydrogens is 1410 g/mol. The number of carboxylic acids is 1. The minimum atomic E-state index is -5.08. The molecular formula is C67H108F3N15O21. The second kappa shape index (κ2) is 42.0. The van der Waals surface area contributed by atoms with Crippen molar-refractivity contribution in [3.63, 3.8) is 0 Å². The van der Waals surface area contributed by atoms with Gasteiger partial charge in [-0.25, -0.2) is 14.4 Å². The van der Waals surface area contributed by atoms with Gasteiger partial charge in [-0.05, 0) is 95.0 Å². The summed E-state index contributed by atoms with van der Waals surface area (Å²) in [6.07, 6.45) is -13.3. The van der Waals surface area contributed by atoms with Gasteiger partial charge in [-0.15, -0.1) is 0 Å². The Labute approximate surface area is 612 Å². The number of amides is 12. The topological polar surface area (TPSA) is 581 Å². The first-order valence-electron chi connectivity index (χ1n) is 34.6. The number of carbonyl (C=O) groups excluding carboxylic acids is 13. The number of nitrogens with one attached hydrogen (secondary N) is 11. The number of carbonyl (C=O) groups is 14. The first-order chi connectivity index (χ1) is 49.0. The molecule has 1 saturated heterocycles. The highest BCUT2D eigenvalue weighted by Gasteiger charge is 2.48. The van der Waals surface area contributed by atoms with Crippen molar-refractivity contribution < 1.29 is 115 Å². The maximum Gasteiger partial charge on any atom is 0.490 e. The summed E-state index contributed by atoms with van der Waals surface area (Å²) in [5, 5.41) is 78.7. The number of nitrogens with two attached hydrogens (primary N) is 3. The number of alkyl carbamates (subject to hydrolysis) is 1. The second-order valence-electron chi connectivity index (χ2n) is 29.0. The Balaban J connectivity index is 0.00000517. The lowest BCUT2D eigenvalue weighted by atomic mass is 9.79. The number of esters is 1. The summed E-state index contributed by atoms with van der Waals surface area (Å²) in [4.78, 5) is 200. The Morgan fingerprint density at radius 3 is 1.73 bits per heavy atom. The number of cyclic esters (lactones) is 1. The van der Waals surface area contributed by atoms with Crippen molar-refractivity contribution >= 4 is 89.0 Å². The summed E-state index contributed by atoms with van der Waals surface area (Å²) < 4.78 is 43.3. The number of carboxylic acid groups (broad SMARTS) is 1. The van der Waals surface area contributed by atoms with E-state index in [1.807, 2.05) is 26.1 Å². The molecule has 12 amide bonds. The van der Waals surface area contributed by atoms with Gasteiger partial charge in [0.15, 0.2) is 24.2 Å². The third-order valence-electron chi connectivity index (χ3n) is 16.6. The Morgan fingerprint density at radius 2 is 1.23 bits per heavy atom. The van der Waals surface area contributed by atoms with E-state index >= 15 is 14.4 Å². The van der Waals surface area contributed by atoms with Crippen molar-refractivity contribution in [2.75, 3.05) is 19.7 Å². The van der Waals surface area contributed by atoms with E-state index < -0.39 is 215 Å². The molecule has 0 radical (unpaired) electrons. The molecule has 1 aromatic carbocycles. The zero-order chi connectivity index (χ0) is 81.1. The quantitative estimate of drug-likeness (QED) is 0.0261. The summed E-state index contributed by atoms with van der Waals surface area (Å²) in [6, 6.07) is -9.76. The van der Waals surface area contributed by atoms with Crippen LogP contribution >= 0.6 is 0 Å². The number of benzene rings is 1. The van der Waals surface area contributed by atoms with Crippen molar-refractivity contribution in [1.82, 2.24) is 58.5 Å². The molecule has 1 aliphatic carbocycles. The van der Waals surface area contributed by atoms with Crippen LogP contribution in [0.4, 0.5) is 18.0 Å². The van der Waals surface area contributed by atoms with Gasteiger partial charge < -0.3 is 111 Å². The SMILES string of the molecule is CC[C@H](C)C1NC(=O)[C@@H](CCCN=C(N)N)NC(=O)[C@H](CC(C)C)NC(=O)[C@H]([C@H](O)C(C)C)NC(=O)[C@@H](NC(=O)C2(NC(=O)[C@@H](CC(C)(C)C)NC(=O)OC(C)(C)C)CCCCC2)[C@@H](c2ccccc2)OC(=O)[C@H](CO)NC(=O)[C@H]([C@H](O)C(N)=O)NC(=O)CNC(=O)C([C@H](C)O)NC1=O.O=C(O)C(F)(F)F. The fourth-order valence-corrected chi connectivity index (χ4v) is 10.8. The molecule has 2 aliphatic rings. The lowest BCUT2D eigenvalue weighted by molar-refractivity contribution is -0.192. The van der Waals surface area contributed by atoms with Crippen LogP contribution in [-0.2, 0) is 71.8 Å². The van der Waals surface area contributed by atoms with E-state index in [9.17, 15) is 81.5 Å². The largest absolute Gasteiger partial charge is 0.490 e. The summed E-state index contributed by atoms with van der Waals surface area (Å²) in [6.45, 7) is 18.5. The van der Waals surface area contributed by atoms with Gasteiger partial charge in [0.2, 0.25) is 65.0 Å². The number of rotatable bonds is 21. The number of ether oxygens (including phenoxy) is 2. The third kappa shape index (κ3) is 30.9. The molecule has 2 fully saturated rings. The number of hydrogen-bond donors (Lipinski definition) is 19. The van der Waals surface area contributed by atoms with Crippen molar-refractivity contribution in [3.05, 3.63) is 35.9 Å². The molecule has 598 valence electrons. The Morgan fingerprint density at radius 1 is 0.698 bits per heavy atom. The fourth-order valence-electron chi connectivity index (χ4n) is 10.8. The molecule has 2 unspecified atom stereocenters. The number of alkyl halides is 3. The minimum absolute atomic E-state index is 0.0181. The van der Waals surface area contributed by atoms with Crippen LogP contribution in [0.5, 0.6) is 0 Å². The third-order valence-corrected chi connectivity index (χ3v) is 16.6. The number of nitrogens with zero attached hydrogens (tertiary/aromatic N) is 1. The van der Waals surface area contributed by atoms with E-state index in [-0.39, 0.29) is 63.0 Å². The fraction of sp³-hybridized carbons (Fsp3) is 0.687. The van der Waals surface area contributed by atoms with E-state index in [1.165, 1.54) is 44.2 Å². The second-order valence-corrected chi connectivity index (χ2v) is 29.0. The molecule has 1 heterocycles. The van der Waals surface area contributed by atoms with Gasteiger partial charge in [0.1, 0.15) is 59.5 Å². The first kappa shape index (κ1) is 92.6. The summed E-state index contributed by atoms with van der Waals surface area (Å²) >= 11 is 0. The predicted octanol–water partition coefficient (Wildman–Crippen LogP) is -2.56. The Bertz CT molecular complexity index is 3230. The predicted molar refractivity (Wildman–Crippen MR) is 372 cm³/mol. The number of aliphatic carboxylic acids is 1. The van der Waals surface area contributed by atoms with E-state index in [0.717, 1.165) is 6.92 Å². The molecule has 1 aromatic rings. The molecule has 36 nitrogen and oxygen atoms in total. The Kier molecular flexibility index (Phi) is 36.7. The lowest BCUT2D eigenvalue weighted by Crippen LogP contribution is -2.67. The number of aliphatic hydroxyl groups is 4. The zero-order valence-electron chi connectivity index (χ0n) is 61.9. The van der Waals surface area contributed by atoms with E-state index in [1.54, 1.807) is 48.5 Å². The van der Waals surface area contributed by atoms with Gasteiger partial charge in [-0.3, -0.25) is 57.7 Å². The van der Waals surface area contributed by atoms with Gasteiger partial charge in [0.25, 0.3) is 0 Å². The zero-order valence-corrected chi connectivity index (χ0v) is 61.9. The van der Waals surface area contributed by atoms with Crippen LogP contribution < -0.4 is 75.7 Å². The molecule has 3 rings (SSSR count). The average molecular weight is 1520 g/mol. The number of primary amides is 1. The number of hydrogen-bond acceptors (Lipinski definition) is 21. The maximum atomic E-state index is 15.7. The molecule has 106 heavy (non-hydrogen) atoms. The van der Waals surface area contributed by atoms with Crippen molar-refractivity contribution in [1.29, 1.82) is 0 Å². The van der Waals surface area contributed by atoms with Crippen LogP contribution in [0.15, 0.2) is 35.3 Å². The van der Waals surface area contributed by atoms with Crippen LogP contribution in [0, 0.1) is 23.2 Å². The van der Waals surface area contributed by atoms with Gasteiger partial charge in [0, 0.05) is 6.54 Å². The van der Waals surface area contributed by atoms with Crippen LogP contribution in [0.25, 0.3) is 0 Å². The summed E-state index contributed by atoms with van der Waals surface area (Å²) in [5.74, 6) is -19.9. The number of halogens is 3. The summed E-state index contributed by atoms with van der Waals surface area (Å²) in [5.41, 5.74) is 12.9. The number of aliphatic hydroxyl groups excluding tert-OH is 4. The van der Waals surface area contributed by atoms with E-state index in [2.05, 4.69) is 58.2 Å². The molecule has 39 heteroatoms. The summed E-state index contributed by atoms with van der Waals surface area (Å²) in [7, 11) is 0. The molecule has 1 aliphatic heterocycles. The molecule has 0 spiro atoms. The normalized spacial score (nSPS) is 23.9. The highest BCUT2D eigenvalue weighted by Crippen LogP contribution is 2.32. The molecule has 22 N–H and O–H groups in total. The van der Waals surface area contributed by atoms with Crippen LogP contribution in [0.3, 0.4) is 0 Å². The van der Waals surface area contributed by atoms with E-state index in [4.69, 9.17) is 36.6 Å². The monoisotopic (exact) mass is 1520 g/mol. The van der Waals surface area contributed by atoms with Crippen LogP contribution in [0.1, 0.15) is 166 Å². The van der Waals surface area contributed by atoms with Gasteiger partial charge in [0.05, 0.1) is 25.4 Å². The minimum Gasteiger partial charge on any atom is -0.475 e. The highest BCUT2D eigenvalue weighted by molar-refractivity contribution is 6.01. The van der Waals surface area contributed by atoms with Crippen molar-refractivity contribution in [2.45, 2.75) is 250 Å². The molecule has 1 saturated carbocycles. The maximum absolute atomic E-state index is 15.7. The van der Waals surface area contributed by atoms with Crippen LogP contribution in [0.2, 0.25) is 0 Å². The molecule has 0 aromatic heterocycles. The van der Waals surface area contributed by atoms with Gasteiger partial charge in [-0.1, -0.05) is 118 Å². The first-order valence-corrected chi connectivity index (χ1v) is 34.6. The smallest absolute Gasteiger partial charge is 0.475 e. The molecule has 0 bridgehead atoms. The molecule has 14 atom stereocenters. The number of guanidine groups is 1. The van der Waals surface area contributed by atoms with Crippen molar-refractivity contribution in [2.24, 2.45) is 45.4 Å². The van der Waals surface area contributed by atoms with Crippen LogP contribution in [-0.4, -0.2) is 224 Å². The average Bonchev–Trinajstić information content (AvgIpc) is 0.789. The Hall–Kier alpha value is -9.50. The lowest BCUT2D eigenvalue weighted by Gasteiger charge is -2.40.